The standard InChI is InChI=1S/C17H15Cl2FN2O4/c1-10(26-13-5-3-12(20)4-6-13)17(24)22-21-16(23)9-25-15-7-2-11(18)8-14(15)19/h2-8,10H,9H2,1H3,(H,21,23)(H,22,24). The van der Waals surface area contributed by atoms with Crippen LogP contribution in [-0.4, -0.2) is 24.5 Å². The van der Waals surface area contributed by atoms with Gasteiger partial charge in [-0.3, -0.25) is 20.4 Å². The van der Waals surface area contributed by atoms with Crippen LogP contribution in [0.1, 0.15) is 6.92 Å². The first kappa shape index (κ1) is 19.8. The molecule has 26 heavy (non-hydrogen) atoms. The van der Waals surface area contributed by atoms with Gasteiger partial charge in [-0.2, -0.15) is 0 Å². The highest BCUT2D eigenvalue weighted by atomic mass is 35.5. The summed E-state index contributed by atoms with van der Waals surface area (Å²) < 4.78 is 23.4. The second kappa shape index (κ2) is 9.26. The summed E-state index contributed by atoms with van der Waals surface area (Å²) in [6, 6.07) is 9.77. The van der Waals surface area contributed by atoms with E-state index in [1.807, 2.05) is 0 Å². The topological polar surface area (TPSA) is 76.7 Å². The highest BCUT2D eigenvalue weighted by Crippen LogP contribution is 2.27. The Balaban J connectivity index is 1.75. The van der Waals surface area contributed by atoms with E-state index in [9.17, 15) is 14.0 Å². The summed E-state index contributed by atoms with van der Waals surface area (Å²) in [5.74, 6) is -1.00. The van der Waals surface area contributed by atoms with Gasteiger partial charge in [0.15, 0.2) is 12.7 Å². The molecule has 2 amide bonds. The Morgan fingerprint density at radius 1 is 1.12 bits per heavy atom. The Labute approximate surface area is 159 Å². The number of ether oxygens (including phenoxy) is 2. The highest BCUT2D eigenvalue weighted by molar-refractivity contribution is 6.35. The van der Waals surface area contributed by atoms with Gasteiger partial charge in [-0.1, -0.05) is 23.2 Å². The Morgan fingerprint density at radius 2 is 1.81 bits per heavy atom. The summed E-state index contributed by atoms with van der Waals surface area (Å²) in [7, 11) is 0. The first-order chi connectivity index (χ1) is 12.3. The van der Waals surface area contributed by atoms with Gasteiger partial charge in [0.25, 0.3) is 11.8 Å². The quantitative estimate of drug-likeness (QED) is 0.730. The van der Waals surface area contributed by atoms with Crippen LogP contribution in [0.3, 0.4) is 0 Å². The zero-order valence-electron chi connectivity index (χ0n) is 13.6. The number of carbonyl (C=O) groups is 2. The van der Waals surface area contributed by atoms with E-state index in [4.69, 9.17) is 32.7 Å². The molecule has 2 N–H and O–H groups in total. The van der Waals surface area contributed by atoms with Crippen molar-refractivity contribution in [1.29, 1.82) is 0 Å². The zero-order chi connectivity index (χ0) is 19.1. The van der Waals surface area contributed by atoms with Crippen LogP contribution in [0.25, 0.3) is 0 Å². The summed E-state index contributed by atoms with van der Waals surface area (Å²) >= 11 is 11.7. The Kier molecular flexibility index (Phi) is 7.06. The zero-order valence-corrected chi connectivity index (χ0v) is 15.1. The first-order valence-corrected chi connectivity index (χ1v) is 8.19. The SMILES string of the molecule is CC(Oc1ccc(F)cc1)C(=O)NNC(=O)COc1ccc(Cl)cc1Cl. The molecule has 1 unspecified atom stereocenters. The van der Waals surface area contributed by atoms with E-state index in [-0.39, 0.29) is 17.4 Å². The third-order valence-electron chi connectivity index (χ3n) is 3.07. The van der Waals surface area contributed by atoms with Crippen LogP contribution in [0.5, 0.6) is 11.5 Å². The number of halogens is 3. The monoisotopic (exact) mass is 400 g/mol. The largest absolute Gasteiger partial charge is 0.482 e. The molecular weight excluding hydrogens is 386 g/mol. The number of nitrogens with one attached hydrogen (secondary N) is 2. The molecule has 0 bridgehead atoms. The van der Waals surface area contributed by atoms with Gasteiger partial charge in [0.05, 0.1) is 5.02 Å². The molecule has 0 saturated heterocycles. The van der Waals surface area contributed by atoms with Gasteiger partial charge in [-0.05, 0) is 49.4 Å². The van der Waals surface area contributed by atoms with Gasteiger partial charge in [0.2, 0.25) is 0 Å². The predicted molar refractivity (Wildman–Crippen MR) is 94.7 cm³/mol. The van der Waals surface area contributed by atoms with Crippen molar-refractivity contribution in [2.45, 2.75) is 13.0 Å². The molecule has 2 rings (SSSR count). The van der Waals surface area contributed by atoms with Gasteiger partial charge < -0.3 is 9.47 Å². The van der Waals surface area contributed by atoms with Crippen LogP contribution < -0.4 is 20.3 Å². The Hall–Kier alpha value is -2.51. The van der Waals surface area contributed by atoms with Crippen molar-refractivity contribution in [2.75, 3.05) is 6.61 Å². The van der Waals surface area contributed by atoms with Crippen molar-refractivity contribution in [1.82, 2.24) is 10.9 Å². The van der Waals surface area contributed by atoms with Gasteiger partial charge in [-0.15, -0.1) is 0 Å². The minimum Gasteiger partial charge on any atom is -0.482 e. The Bertz CT molecular complexity index is 787. The molecular formula is C17H15Cl2FN2O4. The maximum Gasteiger partial charge on any atom is 0.279 e. The minimum atomic E-state index is -0.910. The average molecular weight is 401 g/mol. The van der Waals surface area contributed by atoms with Crippen LogP contribution in [0, 0.1) is 5.82 Å². The molecule has 9 heteroatoms. The third-order valence-corrected chi connectivity index (χ3v) is 3.60. The predicted octanol–water partition coefficient (Wildman–Crippen LogP) is 3.13. The molecule has 0 saturated carbocycles. The number of benzene rings is 2. The molecule has 0 aliphatic carbocycles. The fourth-order valence-corrected chi connectivity index (χ4v) is 2.24. The fraction of sp³-hybridized carbons (Fsp3) is 0.176. The van der Waals surface area contributed by atoms with Crippen molar-refractivity contribution in [2.24, 2.45) is 0 Å². The summed E-state index contributed by atoms with van der Waals surface area (Å²) in [4.78, 5) is 23.6. The molecule has 0 radical (unpaired) electrons. The van der Waals surface area contributed by atoms with Gasteiger partial charge in [-0.25, -0.2) is 4.39 Å². The molecule has 2 aromatic carbocycles. The van der Waals surface area contributed by atoms with Crippen molar-refractivity contribution in [3.63, 3.8) is 0 Å². The second-order valence-corrected chi connectivity index (χ2v) is 5.96. The van der Waals surface area contributed by atoms with E-state index in [2.05, 4.69) is 10.9 Å². The van der Waals surface area contributed by atoms with E-state index in [1.54, 1.807) is 6.07 Å². The van der Waals surface area contributed by atoms with E-state index in [0.717, 1.165) is 0 Å². The van der Waals surface area contributed by atoms with E-state index < -0.39 is 23.7 Å². The number of hydrogen-bond donors (Lipinski definition) is 2. The lowest BCUT2D eigenvalue weighted by Crippen LogP contribution is -2.48. The van der Waals surface area contributed by atoms with Gasteiger partial charge >= 0.3 is 0 Å². The normalized spacial score (nSPS) is 11.4. The molecule has 0 fully saturated rings. The van der Waals surface area contributed by atoms with Crippen LogP contribution >= 0.6 is 23.2 Å². The molecule has 0 spiro atoms. The van der Waals surface area contributed by atoms with Crippen molar-refractivity contribution < 1.29 is 23.5 Å². The molecule has 6 nitrogen and oxygen atoms in total. The van der Waals surface area contributed by atoms with E-state index in [0.29, 0.717) is 10.8 Å². The molecule has 2 aromatic rings. The fourth-order valence-electron chi connectivity index (χ4n) is 1.78. The maximum absolute atomic E-state index is 12.8. The molecule has 0 heterocycles. The number of amides is 2. The lowest BCUT2D eigenvalue weighted by atomic mass is 10.3. The van der Waals surface area contributed by atoms with Crippen LogP contribution in [0.15, 0.2) is 42.5 Å². The Morgan fingerprint density at radius 3 is 2.46 bits per heavy atom. The third kappa shape index (κ3) is 6.09. The van der Waals surface area contributed by atoms with Crippen molar-refractivity contribution in [3.05, 3.63) is 58.3 Å². The number of carbonyl (C=O) groups excluding carboxylic acids is 2. The number of rotatable bonds is 6. The maximum atomic E-state index is 12.8. The molecule has 138 valence electrons. The highest BCUT2D eigenvalue weighted by Gasteiger charge is 2.16. The summed E-state index contributed by atoms with van der Waals surface area (Å²) in [6.07, 6.45) is -0.910. The molecule has 0 aliphatic rings. The van der Waals surface area contributed by atoms with E-state index in [1.165, 1.54) is 43.3 Å². The minimum absolute atomic E-state index is 0.260. The van der Waals surface area contributed by atoms with Gasteiger partial charge in [0, 0.05) is 5.02 Å². The summed E-state index contributed by atoms with van der Waals surface area (Å²) in [5, 5.41) is 0.699. The first-order valence-electron chi connectivity index (χ1n) is 7.44. The summed E-state index contributed by atoms with van der Waals surface area (Å²) in [6.45, 7) is 1.11. The van der Waals surface area contributed by atoms with E-state index >= 15 is 0 Å². The van der Waals surface area contributed by atoms with Crippen LogP contribution in [-0.2, 0) is 9.59 Å². The van der Waals surface area contributed by atoms with Crippen LogP contribution in [0.2, 0.25) is 10.0 Å². The average Bonchev–Trinajstić information content (AvgIpc) is 2.60. The lowest BCUT2D eigenvalue weighted by molar-refractivity contribution is -0.133. The summed E-state index contributed by atoms with van der Waals surface area (Å²) in [5.41, 5.74) is 4.39. The molecule has 1 atom stereocenters. The van der Waals surface area contributed by atoms with Gasteiger partial charge in [0.1, 0.15) is 17.3 Å². The second-order valence-electron chi connectivity index (χ2n) is 5.11. The number of hydrogen-bond acceptors (Lipinski definition) is 4. The molecule has 0 aromatic heterocycles. The number of hydrazine groups is 1. The van der Waals surface area contributed by atoms with Crippen LogP contribution in [0.4, 0.5) is 4.39 Å². The van der Waals surface area contributed by atoms with Crippen molar-refractivity contribution >= 4 is 35.0 Å². The smallest absolute Gasteiger partial charge is 0.279 e. The molecule has 0 aliphatic heterocycles. The van der Waals surface area contributed by atoms with Crippen molar-refractivity contribution in [3.8, 4) is 11.5 Å². The lowest BCUT2D eigenvalue weighted by Gasteiger charge is -2.15.